The minimum atomic E-state index is -6.09. The molecule has 2 aromatic rings. The Balaban J connectivity index is -0.000000309. The zero-order valence-corrected chi connectivity index (χ0v) is 28.2. The van der Waals surface area contributed by atoms with Crippen LogP contribution in [0.1, 0.15) is 25.0 Å². The summed E-state index contributed by atoms with van der Waals surface area (Å²) in [6.45, 7) is 2.63. The number of halogens is 3. The van der Waals surface area contributed by atoms with Crippen molar-refractivity contribution in [2.24, 2.45) is 20.5 Å². The molecule has 2 rings (SSSR count). The van der Waals surface area contributed by atoms with E-state index in [2.05, 4.69) is 31.4 Å². The van der Waals surface area contributed by atoms with Gasteiger partial charge in [0, 0.05) is 14.2 Å². The topological polar surface area (TPSA) is 310 Å². The van der Waals surface area contributed by atoms with E-state index in [0.717, 1.165) is 14.2 Å². The van der Waals surface area contributed by atoms with Crippen LogP contribution < -0.4 is 30.5 Å². The Morgan fingerprint density at radius 3 is 1.29 bits per heavy atom. The Labute approximate surface area is 288 Å². The molecule has 24 heteroatoms. The minimum Gasteiger partial charge on any atom is -0.870 e. The molecule has 0 heterocycles. The Kier molecular flexibility index (Phi) is 28.0. The maximum atomic E-state index is 11.7. The van der Waals surface area contributed by atoms with Gasteiger partial charge >= 0.3 is 22.6 Å². The number of hydrogen-bond donors (Lipinski definition) is 6. The summed E-state index contributed by atoms with van der Waals surface area (Å²) >= 11 is 0. The van der Waals surface area contributed by atoms with Crippen molar-refractivity contribution in [1.29, 1.82) is 0 Å². The van der Waals surface area contributed by atoms with E-state index in [-0.39, 0.29) is 62.6 Å². The summed E-state index contributed by atoms with van der Waals surface area (Å²) in [5.74, 6) is -1.60. The molecule has 19 nitrogen and oxygen atoms in total. The number of nitrogens with zero attached hydrogens (tertiary/aromatic N) is 4. The fourth-order valence-corrected chi connectivity index (χ4v) is 2.16. The van der Waals surface area contributed by atoms with Crippen molar-refractivity contribution < 1.29 is 93.1 Å². The molecule has 0 saturated carbocycles. The standard InChI is InChI=1S/2C11H13N3O4.CHF3O3S.2CH4O.Fe/c2*1-7(14-17)11(16)13-12-6-8-4-3-5-9(18-2)10(8)15;2-1(3,4)8(5,6)7;2*1-2;/h2*3-6,15,17H,1-2H3,(H,13,16);(H,5,6,7);2*2H,1H3;/q;;;;;+3/p-3/b2*12-6+,14-7+;;;;. The van der Waals surface area contributed by atoms with Crippen LogP contribution in [0.5, 0.6) is 23.0 Å². The predicted octanol–water partition coefficient (Wildman–Crippen LogP) is -0.596. The molecular formula is C25H32F3FeN6O13S. The number of ether oxygens (including phenoxy) is 2. The zero-order chi connectivity index (χ0) is 38.1. The molecule has 0 bridgehead atoms. The quantitative estimate of drug-likeness (QED) is 0.0489. The van der Waals surface area contributed by atoms with Crippen molar-refractivity contribution in [2.75, 3.05) is 28.4 Å². The Bertz CT molecular complexity index is 1430. The van der Waals surface area contributed by atoms with Crippen LogP contribution in [0.2, 0.25) is 0 Å². The van der Waals surface area contributed by atoms with Gasteiger partial charge in [-0.25, -0.2) is 19.3 Å². The van der Waals surface area contributed by atoms with E-state index < -0.39 is 27.4 Å². The van der Waals surface area contributed by atoms with Crippen LogP contribution in [-0.2, 0) is 36.8 Å². The maximum absolute atomic E-state index is 11.7. The summed E-state index contributed by atoms with van der Waals surface area (Å²) in [6, 6.07) is 9.39. The third kappa shape index (κ3) is 20.1. The molecule has 0 aliphatic rings. The number of rotatable bonds is 8. The van der Waals surface area contributed by atoms with Crippen molar-refractivity contribution in [3.63, 3.8) is 0 Å². The van der Waals surface area contributed by atoms with Gasteiger partial charge in [0.1, 0.15) is 22.9 Å². The first-order valence-electron chi connectivity index (χ1n) is 12.1. The van der Waals surface area contributed by atoms with Gasteiger partial charge < -0.3 is 44.9 Å². The number of carbonyl (C=O) groups excluding carboxylic acids is 2. The largest absolute Gasteiger partial charge is 3.00 e. The maximum Gasteiger partial charge on any atom is 3.00 e. The van der Waals surface area contributed by atoms with E-state index in [9.17, 15) is 33.0 Å². The van der Waals surface area contributed by atoms with Gasteiger partial charge in [-0.2, -0.15) is 23.4 Å². The van der Waals surface area contributed by atoms with Gasteiger partial charge in [-0.3, -0.25) is 9.59 Å². The van der Waals surface area contributed by atoms with Crippen LogP contribution in [0.15, 0.2) is 56.9 Å². The monoisotopic (exact) mass is 769 g/mol. The second kappa shape index (κ2) is 27.0. The van der Waals surface area contributed by atoms with Crippen molar-refractivity contribution in [3.8, 4) is 23.0 Å². The summed E-state index contributed by atoms with van der Waals surface area (Å²) < 4.78 is 68.6. The molecule has 0 aliphatic heterocycles. The summed E-state index contributed by atoms with van der Waals surface area (Å²) in [7, 11) is -1.31. The molecular weight excluding hydrogens is 737 g/mol. The number of hydrogen-bond acceptors (Lipinski definition) is 17. The first kappa shape index (κ1) is 50.8. The smallest absolute Gasteiger partial charge is 0.870 e. The molecule has 1 radical (unpaired) electrons. The van der Waals surface area contributed by atoms with E-state index >= 15 is 0 Å². The van der Waals surface area contributed by atoms with Crippen molar-refractivity contribution in [3.05, 3.63) is 47.5 Å². The molecule has 0 fully saturated rings. The first-order chi connectivity index (χ1) is 22.4. The Hall–Kier alpha value is -5.00. The molecule has 0 aromatic heterocycles. The van der Waals surface area contributed by atoms with Gasteiger partial charge in [0.2, 0.25) is 0 Å². The Morgan fingerprint density at radius 2 is 1.06 bits per heavy atom. The van der Waals surface area contributed by atoms with Crippen LogP contribution in [0.25, 0.3) is 0 Å². The molecule has 0 unspecified atom stereocenters. The third-order valence-electron chi connectivity index (χ3n) is 4.44. The SMILES string of the molecule is CO.CO.COc1cccc(/C=N/NC(=O)/C(C)=N/O)c1[O-].COc1cccc(/C=N/NC(=O)/C(C)=N/O)c1[O-].O=S(=O)([O-])C(F)(F)F.[Fe+3]. The van der Waals surface area contributed by atoms with Crippen molar-refractivity contribution in [1.82, 2.24) is 10.9 Å². The number of carbonyl (C=O) groups is 2. The molecule has 275 valence electrons. The number of nitrogens with one attached hydrogen (secondary N) is 2. The van der Waals surface area contributed by atoms with E-state index in [1.54, 1.807) is 12.1 Å². The van der Waals surface area contributed by atoms with Gasteiger partial charge in [-0.05, 0) is 37.1 Å². The van der Waals surface area contributed by atoms with Gasteiger partial charge in [-0.15, -0.1) is 0 Å². The summed E-state index contributed by atoms with van der Waals surface area (Å²) in [5, 5.41) is 66.6. The van der Waals surface area contributed by atoms with Crippen LogP contribution in [0.3, 0.4) is 0 Å². The van der Waals surface area contributed by atoms with E-state index in [1.807, 2.05) is 0 Å². The number of methoxy groups -OCH3 is 2. The number of para-hydroxylation sites is 2. The number of oxime groups is 2. The number of aliphatic hydroxyl groups excluding tert-OH is 2. The third-order valence-corrected chi connectivity index (χ3v) is 5.01. The molecule has 2 aromatic carbocycles. The van der Waals surface area contributed by atoms with Crippen molar-refractivity contribution >= 4 is 45.8 Å². The Morgan fingerprint density at radius 1 is 0.776 bits per heavy atom. The number of aliphatic hydroxyl groups is 2. The average molecular weight is 769 g/mol. The summed E-state index contributed by atoms with van der Waals surface area (Å²) in [6.07, 6.45) is 2.38. The molecule has 6 N–H and O–H groups in total. The number of hydrazone groups is 2. The van der Waals surface area contributed by atoms with E-state index in [4.69, 9.17) is 43.1 Å². The van der Waals surface area contributed by atoms with E-state index in [0.29, 0.717) is 0 Å². The van der Waals surface area contributed by atoms with Crippen LogP contribution >= 0.6 is 0 Å². The molecule has 0 spiro atoms. The second-order valence-electron chi connectivity index (χ2n) is 7.43. The second-order valence-corrected chi connectivity index (χ2v) is 8.80. The van der Waals surface area contributed by atoms with Gasteiger partial charge in [0.15, 0.2) is 10.1 Å². The number of benzene rings is 2. The molecule has 0 atom stereocenters. The predicted molar refractivity (Wildman–Crippen MR) is 158 cm³/mol. The average Bonchev–Trinajstić information content (AvgIpc) is 3.06. The minimum absolute atomic E-state index is 0. The molecule has 0 aliphatic carbocycles. The molecule has 0 saturated heterocycles. The summed E-state index contributed by atoms with van der Waals surface area (Å²) in [4.78, 5) is 22.3. The fourth-order valence-electron chi connectivity index (χ4n) is 2.16. The number of amides is 2. The molecule has 49 heavy (non-hydrogen) atoms. The normalized spacial score (nSPS) is 11.0. The van der Waals surface area contributed by atoms with Gasteiger partial charge in [-0.1, -0.05) is 46.1 Å². The first-order valence-corrected chi connectivity index (χ1v) is 13.5. The van der Waals surface area contributed by atoms with Crippen LogP contribution in [-0.4, -0.2) is 103 Å². The van der Waals surface area contributed by atoms with Gasteiger partial charge in [0.05, 0.1) is 26.6 Å². The van der Waals surface area contributed by atoms with Crippen LogP contribution in [0, 0.1) is 0 Å². The van der Waals surface area contributed by atoms with Crippen LogP contribution in [0.4, 0.5) is 13.2 Å². The van der Waals surface area contributed by atoms with Crippen molar-refractivity contribution in [2.45, 2.75) is 19.4 Å². The summed E-state index contributed by atoms with van der Waals surface area (Å²) in [5.41, 5.74) is -1.17. The number of alkyl halides is 3. The van der Waals surface area contributed by atoms with E-state index in [1.165, 1.54) is 64.8 Å². The zero-order valence-electron chi connectivity index (χ0n) is 26.3. The molecule has 2 amide bonds. The fraction of sp³-hybridized carbons (Fsp3) is 0.280. The van der Waals surface area contributed by atoms with Gasteiger partial charge in [0.25, 0.3) is 11.8 Å².